The second kappa shape index (κ2) is 9.47. The molecule has 0 aliphatic rings. The van der Waals surface area contributed by atoms with Crippen molar-refractivity contribution < 1.29 is 9.84 Å². The zero-order valence-electron chi connectivity index (χ0n) is 15.8. The van der Waals surface area contributed by atoms with Crippen molar-refractivity contribution in [2.45, 2.75) is 6.10 Å². The monoisotopic (exact) mass is 406 g/mol. The largest absolute Gasteiger partial charge is 0.492 e. The number of thiophene rings is 1. The molecule has 1 aromatic carbocycles. The lowest BCUT2D eigenvalue weighted by Gasteiger charge is -2.12. The molecule has 0 aliphatic carbocycles. The van der Waals surface area contributed by atoms with Gasteiger partial charge in [0.15, 0.2) is 0 Å². The van der Waals surface area contributed by atoms with Crippen LogP contribution in [0.4, 0.5) is 0 Å². The predicted octanol–water partition coefficient (Wildman–Crippen LogP) is 3.90. The molecule has 0 unspecified atom stereocenters. The second-order valence-corrected chi connectivity index (χ2v) is 7.45. The van der Waals surface area contributed by atoms with Crippen molar-refractivity contribution in [1.29, 1.82) is 0 Å². The molecule has 0 amide bonds. The molecule has 4 aromatic rings. The highest BCUT2D eigenvalue weighted by atomic mass is 32.1. The minimum atomic E-state index is -0.573. The van der Waals surface area contributed by atoms with Crippen LogP contribution in [0.3, 0.4) is 0 Å². The number of benzene rings is 1. The van der Waals surface area contributed by atoms with Gasteiger partial charge in [0, 0.05) is 31.0 Å². The van der Waals surface area contributed by atoms with Gasteiger partial charge < -0.3 is 20.1 Å². The number of aromatic amines is 1. The van der Waals surface area contributed by atoms with Crippen LogP contribution in [-0.2, 0) is 0 Å². The van der Waals surface area contributed by atoms with Gasteiger partial charge in [0.25, 0.3) is 0 Å². The minimum absolute atomic E-state index is 0.459. The second-order valence-electron chi connectivity index (χ2n) is 6.50. The van der Waals surface area contributed by atoms with Crippen LogP contribution in [0.15, 0.2) is 72.5 Å². The SMILES string of the molecule is O[C@@H](CNCCOc1ccc(-c2cnc(-c3cccs3)[nH]2)cc1)c1cccnc1. The number of aliphatic hydroxyl groups is 1. The maximum Gasteiger partial charge on any atom is 0.147 e. The van der Waals surface area contributed by atoms with Crippen molar-refractivity contribution >= 4 is 11.3 Å². The Morgan fingerprint density at radius 3 is 2.76 bits per heavy atom. The van der Waals surface area contributed by atoms with Gasteiger partial charge in [-0.1, -0.05) is 12.1 Å². The Labute approximate surface area is 173 Å². The summed E-state index contributed by atoms with van der Waals surface area (Å²) in [4.78, 5) is 12.9. The van der Waals surface area contributed by atoms with Gasteiger partial charge in [-0.3, -0.25) is 4.98 Å². The molecule has 1 atom stereocenters. The van der Waals surface area contributed by atoms with E-state index in [4.69, 9.17) is 4.74 Å². The van der Waals surface area contributed by atoms with Gasteiger partial charge in [-0.15, -0.1) is 11.3 Å². The molecule has 0 radical (unpaired) electrons. The number of nitrogens with zero attached hydrogens (tertiary/aromatic N) is 2. The number of aliphatic hydroxyl groups excluding tert-OH is 1. The summed E-state index contributed by atoms with van der Waals surface area (Å²) < 4.78 is 5.77. The van der Waals surface area contributed by atoms with E-state index < -0.39 is 6.10 Å². The lowest BCUT2D eigenvalue weighted by atomic mass is 10.1. The van der Waals surface area contributed by atoms with Crippen LogP contribution in [0.5, 0.6) is 5.75 Å². The molecule has 3 aromatic heterocycles. The first-order chi connectivity index (χ1) is 14.3. The third-order valence-electron chi connectivity index (χ3n) is 4.45. The molecule has 6 nitrogen and oxygen atoms in total. The molecule has 3 N–H and O–H groups in total. The minimum Gasteiger partial charge on any atom is -0.492 e. The maximum absolute atomic E-state index is 10.1. The van der Waals surface area contributed by atoms with Gasteiger partial charge in [-0.2, -0.15) is 0 Å². The Bertz CT molecular complexity index is 1000. The van der Waals surface area contributed by atoms with Gasteiger partial charge >= 0.3 is 0 Å². The zero-order valence-corrected chi connectivity index (χ0v) is 16.6. The molecule has 0 spiro atoms. The number of ether oxygens (including phenoxy) is 1. The first kappa shape index (κ1) is 19.3. The first-order valence-corrected chi connectivity index (χ1v) is 10.3. The Hall–Kier alpha value is -3.00. The van der Waals surface area contributed by atoms with E-state index in [0.29, 0.717) is 19.7 Å². The van der Waals surface area contributed by atoms with E-state index in [1.807, 2.05) is 60.1 Å². The summed E-state index contributed by atoms with van der Waals surface area (Å²) in [6, 6.07) is 15.7. The molecule has 0 saturated heterocycles. The van der Waals surface area contributed by atoms with Crippen molar-refractivity contribution in [2.24, 2.45) is 0 Å². The smallest absolute Gasteiger partial charge is 0.147 e. The fourth-order valence-electron chi connectivity index (χ4n) is 2.91. The van der Waals surface area contributed by atoms with Crippen LogP contribution in [0.25, 0.3) is 22.0 Å². The predicted molar refractivity (Wildman–Crippen MR) is 115 cm³/mol. The van der Waals surface area contributed by atoms with E-state index in [9.17, 15) is 5.11 Å². The van der Waals surface area contributed by atoms with Gasteiger partial charge in [-0.25, -0.2) is 4.98 Å². The van der Waals surface area contributed by atoms with E-state index in [-0.39, 0.29) is 0 Å². The zero-order chi connectivity index (χ0) is 19.9. The van der Waals surface area contributed by atoms with Crippen LogP contribution in [0.1, 0.15) is 11.7 Å². The Morgan fingerprint density at radius 2 is 2.00 bits per heavy atom. The number of hydrogen-bond donors (Lipinski definition) is 3. The number of imidazole rings is 1. The molecule has 4 rings (SSSR count). The number of nitrogens with one attached hydrogen (secondary N) is 2. The number of pyridine rings is 1. The quantitative estimate of drug-likeness (QED) is 0.367. The maximum atomic E-state index is 10.1. The van der Waals surface area contributed by atoms with Crippen molar-refractivity contribution in [3.8, 4) is 27.7 Å². The van der Waals surface area contributed by atoms with E-state index >= 15 is 0 Å². The van der Waals surface area contributed by atoms with Crippen molar-refractivity contribution in [2.75, 3.05) is 19.7 Å². The number of rotatable bonds is 9. The van der Waals surface area contributed by atoms with Crippen LogP contribution in [0.2, 0.25) is 0 Å². The van der Waals surface area contributed by atoms with E-state index in [1.54, 1.807) is 23.7 Å². The summed E-state index contributed by atoms with van der Waals surface area (Å²) in [5.74, 6) is 1.69. The molecular formula is C22H22N4O2S. The molecule has 3 heterocycles. The third kappa shape index (κ3) is 5.08. The first-order valence-electron chi connectivity index (χ1n) is 9.40. The Kier molecular flexibility index (Phi) is 6.31. The molecule has 7 heteroatoms. The Balaban J connectivity index is 1.23. The van der Waals surface area contributed by atoms with E-state index in [2.05, 4.69) is 20.3 Å². The Morgan fingerprint density at radius 1 is 1.10 bits per heavy atom. The molecule has 29 heavy (non-hydrogen) atoms. The standard InChI is InChI=1S/C22H22N4O2S/c27-20(17-3-1-9-23-13-17)15-24-10-11-28-18-7-5-16(6-8-18)19-14-25-22(26-19)21-4-2-12-29-21/h1-9,12-14,20,24,27H,10-11,15H2,(H,25,26)/t20-/m0/s1. The lowest BCUT2D eigenvalue weighted by molar-refractivity contribution is 0.171. The van der Waals surface area contributed by atoms with Crippen molar-refractivity contribution in [3.05, 3.63) is 78.1 Å². The van der Waals surface area contributed by atoms with Crippen LogP contribution >= 0.6 is 11.3 Å². The molecular weight excluding hydrogens is 384 g/mol. The molecule has 148 valence electrons. The highest BCUT2D eigenvalue weighted by Gasteiger charge is 2.07. The van der Waals surface area contributed by atoms with Crippen molar-refractivity contribution in [3.63, 3.8) is 0 Å². The molecule has 0 saturated carbocycles. The van der Waals surface area contributed by atoms with Gasteiger partial charge in [0.05, 0.1) is 22.9 Å². The third-order valence-corrected chi connectivity index (χ3v) is 5.33. The fraction of sp³-hybridized carbons (Fsp3) is 0.182. The van der Waals surface area contributed by atoms with Crippen LogP contribution < -0.4 is 10.1 Å². The highest BCUT2D eigenvalue weighted by Crippen LogP contribution is 2.26. The summed E-state index contributed by atoms with van der Waals surface area (Å²) in [5.41, 5.74) is 2.84. The number of aromatic nitrogens is 3. The summed E-state index contributed by atoms with van der Waals surface area (Å²) >= 11 is 1.66. The average molecular weight is 407 g/mol. The normalized spacial score (nSPS) is 12.0. The van der Waals surface area contributed by atoms with Gasteiger partial charge in [0.2, 0.25) is 0 Å². The highest BCUT2D eigenvalue weighted by molar-refractivity contribution is 7.13. The summed E-state index contributed by atoms with van der Waals surface area (Å²) in [6.45, 7) is 1.62. The fourth-order valence-corrected chi connectivity index (χ4v) is 3.58. The van der Waals surface area contributed by atoms with Crippen LogP contribution in [-0.4, -0.2) is 39.8 Å². The van der Waals surface area contributed by atoms with Gasteiger partial charge in [-0.05, 0) is 47.3 Å². The summed E-state index contributed by atoms with van der Waals surface area (Å²) in [7, 11) is 0. The number of hydrogen-bond acceptors (Lipinski definition) is 6. The van der Waals surface area contributed by atoms with E-state index in [1.165, 1.54) is 0 Å². The van der Waals surface area contributed by atoms with E-state index in [0.717, 1.165) is 33.3 Å². The van der Waals surface area contributed by atoms with Gasteiger partial charge in [0.1, 0.15) is 18.2 Å². The molecule has 0 fully saturated rings. The summed E-state index contributed by atoms with van der Waals surface area (Å²) in [6.07, 6.45) is 4.64. The molecule has 0 bridgehead atoms. The average Bonchev–Trinajstić information content (AvgIpc) is 3.46. The van der Waals surface area contributed by atoms with Crippen LogP contribution in [0, 0.1) is 0 Å². The topological polar surface area (TPSA) is 83.1 Å². The number of H-pyrrole nitrogens is 1. The lowest BCUT2D eigenvalue weighted by Crippen LogP contribution is -2.26. The van der Waals surface area contributed by atoms with Crippen molar-refractivity contribution in [1.82, 2.24) is 20.3 Å². The summed E-state index contributed by atoms with van der Waals surface area (Å²) in [5, 5.41) is 15.3. The molecule has 0 aliphatic heterocycles.